The zero-order valence-electron chi connectivity index (χ0n) is 17.6. The molecule has 4 rings (SSSR count). The normalized spacial score (nSPS) is 14.8. The predicted octanol–water partition coefficient (Wildman–Crippen LogP) is 6.00. The molecule has 0 spiro atoms. The van der Waals surface area contributed by atoms with Crippen molar-refractivity contribution in [2.24, 2.45) is 5.73 Å². The summed E-state index contributed by atoms with van der Waals surface area (Å²) in [6, 6.07) is 18.0. The Bertz CT molecular complexity index is 1290. The highest BCUT2D eigenvalue weighted by Crippen LogP contribution is 2.47. The van der Waals surface area contributed by atoms with Gasteiger partial charge in [0.15, 0.2) is 11.5 Å². The maximum atomic E-state index is 9.86. The first kappa shape index (κ1) is 22.8. The number of phenolic OH excluding ortho intramolecular Hbond substituents is 1. The molecular weight excluding hydrogens is 508 g/mol. The van der Waals surface area contributed by atoms with Crippen molar-refractivity contribution < 1.29 is 19.3 Å². The zero-order valence-corrected chi connectivity index (χ0v) is 20.0. The first-order chi connectivity index (χ1) is 15.9. The monoisotopic (exact) mass is 526 g/mol. The van der Waals surface area contributed by atoms with E-state index in [0.717, 1.165) is 11.1 Å². The van der Waals surface area contributed by atoms with Gasteiger partial charge < -0.3 is 25.1 Å². The molecule has 0 radical (unpaired) electrons. The van der Waals surface area contributed by atoms with E-state index in [1.807, 2.05) is 37.3 Å². The van der Waals surface area contributed by atoms with Crippen molar-refractivity contribution in [2.75, 3.05) is 6.61 Å². The third kappa shape index (κ3) is 4.72. The summed E-state index contributed by atoms with van der Waals surface area (Å²) in [6.07, 6.45) is 0. The van der Waals surface area contributed by atoms with Crippen LogP contribution in [-0.2, 0) is 6.61 Å². The van der Waals surface area contributed by atoms with Crippen LogP contribution in [0.15, 0.2) is 70.5 Å². The largest absolute Gasteiger partial charge is 0.508 e. The zero-order chi connectivity index (χ0) is 23.5. The molecule has 33 heavy (non-hydrogen) atoms. The first-order valence-corrected chi connectivity index (χ1v) is 11.3. The lowest BCUT2D eigenvalue weighted by Crippen LogP contribution is -2.21. The second-order valence-electron chi connectivity index (χ2n) is 7.33. The summed E-state index contributed by atoms with van der Waals surface area (Å²) in [6.45, 7) is 2.60. The lowest BCUT2D eigenvalue weighted by Gasteiger charge is -2.27. The smallest absolute Gasteiger partial charge is 0.205 e. The van der Waals surface area contributed by atoms with Gasteiger partial charge in [0.1, 0.15) is 29.7 Å². The minimum atomic E-state index is -0.503. The number of nitriles is 1. The molecule has 0 saturated heterocycles. The summed E-state index contributed by atoms with van der Waals surface area (Å²) in [5.41, 5.74) is 8.71. The fraction of sp³-hybridized carbons (Fsp3) is 0.160. The number of benzene rings is 3. The number of halogens is 2. The van der Waals surface area contributed by atoms with Crippen LogP contribution in [0.4, 0.5) is 0 Å². The van der Waals surface area contributed by atoms with Crippen LogP contribution in [0.25, 0.3) is 0 Å². The Kier molecular flexibility index (Phi) is 6.68. The van der Waals surface area contributed by atoms with Crippen LogP contribution >= 0.6 is 27.5 Å². The van der Waals surface area contributed by atoms with Gasteiger partial charge in [-0.3, -0.25) is 0 Å². The van der Waals surface area contributed by atoms with Crippen molar-refractivity contribution in [2.45, 2.75) is 19.4 Å². The molecule has 3 aromatic rings. The molecule has 1 atom stereocenters. The van der Waals surface area contributed by atoms with Gasteiger partial charge in [0.25, 0.3) is 0 Å². The van der Waals surface area contributed by atoms with E-state index in [1.54, 1.807) is 18.2 Å². The van der Waals surface area contributed by atoms with Gasteiger partial charge in [0, 0.05) is 16.7 Å². The van der Waals surface area contributed by atoms with Crippen molar-refractivity contribution in [1.82, 2.24) is 0 Å². The van der Waals surface area contributed by atoms with Gasteiger partial charge in [0.2, 0.25) is 5.88 Å². The lowest BCUT2D eigenvalue weighted by molar-refractivity contribution is 0.267. The van der Waals surface area contributed by atoms with E-state index in [-0.39, 0.29) is 17.2 Å². The Morgan fingerprint density at radius 2 is 2.00 bits per heavy atom. The third-order valence-corrected chi connectivity index (χ3v) is 5.96. The average molecular weight is 528 g/mol. The number of ether oxygens (including phenoxy) is 3. The fourth-order valence-electron chi connectivity index (χ4n) is 3.73. The molecule has 0 aromatic heterocycles. The molecular formula is C25H20BrClN2O4. The summed E-state index contributed by atoms with van der Waals surface area (Å²) < 4.78 is 18.2. The van der Waals surface area contributed by atoms with Crippen molar-refractivity contribution in [3.05, 3.63) is 92.2 Å². The molecule has 6 nitrogen and oxygen atoms in total. The molecule has 0 amide bonds. The standard InChI is InChI=1S/C25H20BrClN2O4/c1-2-31-22-10-15(9-20(26)24(22)32-13-14-4-3-5-16(27)8-14)23-18-7-6-17(30)11-21(18)33-25(29)19(23)12-28/h3-11,23,30H,2,13,29H2,1H3/t23-/m0/s1. The number of aromatic hydroxyl groups is 1. The van der Waals surface area contributed by atoms with Gasteiger partial charge in [-0.1, -0.05) is 29.8 Å². The molecule has 1 aliphatic heterocycles. The topological polar surface area (TPSA) is 97.7 Å². The molecule has 0 bridgehead atoms. The quantitative estimate of drug-likeness (QED) is 0.408. The molecule has 0 unspecified atom stereocenters. The van der Waals surface area contributed by atoms with Crippen molar-refractivity contribution in [1.29, 1.82) is 5.26 Å². The maximum absolute atomic E-state index is 9.86. The molecule has 0 aliphatic carbocycles. The fourth-order valence-corrected chi connectivity index (χ4v) is 4.51. The Balaban J connectivity index is 1.76. The second-order valence-corrected chi connectivity index (χ2v) is 8.62. The van der Waals surface area contributed by atoms with Gasteiger partial charge in [-0.15, -0.1) is 0 Å². The van der Waals surface area contributed by atoms with Gasteiger partial charge in [-0.25, -0.2) is 0 Å². The summed E-state index contributed by atoms with van der Waals surface area (Å²) >= 11 is 9.68. The molecule has 0 saturated carbocycles. The van der Waals surface area contributed by atoms with Crippen molar-refractivity contribution in [3.8, 4) is 29.1 Å². The Labute approximate surface area is 204 Å². The molecule has 0 fully saturated rings. The highest BCUT2D eigenvalue weighted by atomic mass is 79.9. The van der Waals surface area contributed by atoms with Crippen molar-refractivity contribution >= 4 is 27.5 Å². The van der Waals surface area contributed by atoms with Crippen LogP contribution in [0.5, 0.6) is 23.0 Å². The summed E-state index contributed by atoms with van der Waals surface area (Å²) in [5, 5.41) is 20.3. The Morgan fingerprint density at radius 3 is 2.73 bits per heavy atom. The van der Waals surface area contributed by atoms with E-state index in [4.69, 9.17) is 31.5 Å². The van der Waals surface area contributed by atoms with Crippen LogP contribution in [-0.4, -0.2) is 11.7 Å². The van der Waals surface area contributed by atoms with E-state index >= 15 is 0 Å². The van der Waals surface area contributed by atoms with Crippen LogP contribution in [0, 0.1) is 11.3 Å². The predicted molar refractivity (Wildman–Crippen MR) is 128 cm³/mol. The average Bonchev–Trinajstić information content (AvgIpc) is 2.77. The number of nitrogens with zero attached hydrogens (tertiary/aromatic N) is 1. The third-order valence-electron chi connectivity index (χ3n) is 5.14. The van der Waals surface area contributed by atoms with E-state index in [1.165, 1.54) is 6.07 Å². The van der Waals surface area contributed by atoms with E-state index in [9.17, 15) is 10.4 Å². The summed E-state index contributed by atoms with van der Waals surface area (Å²) in [7, 11) is 0. The van der Waals surface area contributed by atoms with Crippen LogP contribution in [0.3, 0.4) is 0 Å². The van der Waals surface area contributed by atoms with Crippen LogP contribution < -0.4 is 19.9 Å². The summed E-state index contributed by atoms with van der Waals surface area (Å²) in [5.74, 6) is 0.988. The van der Waals surface area contributed by atoms with Gasteiger partial charge in [-0.05, 0) is 64.3 Å². The molecule has 3 aromatic carbocycles. The van der Waals surface area contributed by atoms with Crippen molar-refractivity contribution in [3.63, 3.8) is 0 Å². The number of nitrogens with two attached hydrogens (primary N) is 1. The molecule has 168 valence electrons. The number of rotatable bonds is 6. The SMILES string of the molecule is CCOc1cc([C@@H]2C(C#N)=C(N)Oc3cc(O)ccc32)cc(Br)c1OCc1cccc(Cl)c1. The lowest BCUT2D eigenvalue weighted by atomic mass is 9.83. The number of fused-ring (bicyclic) bond motifs is 1. The molecule has 1 aliphatic rings. The van der Waals surface area contributed by atoms with Crippen LogP contribution in [0.1, 0.15) is 29.5 Å². The van der Waals surface area contributed by atoms with Gasteiger partial charge >= 0.3 is 0 Å². The highest BCUT2D eigenvalue weighted by Gasteiger charge is 2.32. The number of phenols is 1. The summed E-state index contributed by atoms with van der Waals surface area (Å²) in [4.78, 5) is 0. The maximum Gasteiger partial charge on any atom is 0.205 e. The molecule has 3 N–H and O–H groups in total. The van der Waals surface area contributed by atoms with E-state index < -0.39 is 5.92 Å². The second kappa shape index (κ2) is 9.65. The van der Waals surface area contributed by atoms with E-state index in [0.29, 0.717) is 45.5 Å². The Hall–Kier alpha value is -3.34. The molecule has 8 heteroatoms. The highest BCUT2D eigenvalue weighted by molar-refractivity contribution is 9.10. The minimum absolute atomic E-state index is 0.00374. The van der Waals surface area contributed by atoms with Gasteiger partial charge in [-0.2, -0.15) is 5.26 Å². The minimum Gasteiger partial charge on any atom is -0.508 e. The van der Waals surface area contributed by atoms with Crippen LogP contribution in [0.2, 0.25) is 5.02 Å². The number of hydrogen-bond acceptors (Lipinski definition) is 6. The first-order valence-electron chi connectivity index (χ1n) is 10.1. The van der Waals surface area contributed by atoms with Gasteiger partial charge in [0.05, 0.1) is 17.0 Å². The van der Waals surface area contributed by atoms with E-state index in [2.05, 4.69) is 22.0 Å². The number of hydrogen-bond donors (Lipinski definition) is 2. The Morgan fingerprint density at radius 1 is 1.18 bits per heavy atom. The number of allylic oxidation sites excluding steroid dienone is 1. The molecule has 1 heterocycles.